The second-order valence-corrected chi connectivity index (χ2v) is 10.1. The van der Waals surface area contributed by atoms with Crippen molar-refractivity contribution in [1.82, 2.24) is 19.8 Å². The van der Waals surface area contributed by atoms with Crippen molar-refractivity contribution in [2.75, 3.05) is 18.6 Å². The number of thiazole rings is 1. The van der Waals surface area contributed by atoms with Crippen molar-refractivity contribution in [1.29, 1.82) is 0 Å². The molecular weight excluding hydrogens is 506 g/mol. The van der Waals surface area contributed by atoms with Gasteiger partial charge in [0.2, 0.25) is 0 Å². The summed E-state index contributed by atoms with van der Waals surface area (Å²) in [7, 11) is 1.28. The quantitative estimate of drug-likeness (QED) is 0.172. The Morgan fingerprint density at radius 3 is 2.89 bits per heavy atom. The number of β-lactam (4-membered cyclic amide) rings is 1. The van der Waals surface area contributed by atoms with Gasteiger partial charge >= 0.3 is 0 Å². The lowest BCUT2D eigenvalue weighted by Crippen LogP contribution is -2.71. The number of oxime groups is 1. The number of carbonyl (C=O) groups is 3. The standard InChI is InChI=1S/C22H21N7O5S2/c1-11-27(8-13-5-3-4-6-28(11)13)7-12-9-35-20-16(19(31)29(20)17(12)21(32)33)25-18(30)15(26-34-2)14-10-36-22(23)24-14/h3-6,8,10,16,20H,7,9H2,1-2H3,(H3-,23,24,25,30,32,33)/b26-15-/t16-,20-/m1/s1. The van der Waals surface area contributed by atoms with Crippen molar-refractivity contribution in [2.45, 2.75) is 24.9 Å². The Bertz CT molecular complexity index is 1460. The van der Waals surface area contributed by atoms with E-state index in [0.717, 1.165) is 22.7 Å². The average Bonchev–Trinajstić information content (AvgIpc) is 3.43. The number of imidazole rings is 1. The van der Waals surface area contributed by atoms with Crippen LogP contribution in [-0.4, -0.2) is 62.2 Å². The number of hydrogen-bond donors (Lipinski definition) is 2. The molecule has 1 saturated heterocycles. The topological polar surface area (TPSA) is 159 Å². The third-order valence-corrected chi connectivity index (χ3v) is 8.01. The van der Waals surface area contributed by atoms with Crippen LogP contribution in [0, 0.1) is 6.92 Å². The molecular formula is C22H21N7O5S2. The number of nitrogens with two attached hydrogens (primary N) is 1. The summed E-state index contributed by atoms with van der Waals surface area (Å²) in [4.78, 5) is 48.0. The number of aryl methyl sites for hydroxylation is 1. The van der Waals surface area contributed by atoms with Gasteiger partial charge in [0.1, 0.15) is 37.0 Å². The molecule has 2 amide bonds. The number of aromatic nitrogens is 3. The van der Waals surface area contributed by atoms with E-state index in [1.165, 1.54) is 23.8 Å². The van der Waals surface area contributed by atoms with E-state index in [0.29, 0.717) is 11.3 Å². The minimum atomic E-state index is -1.44. The number of hydrogen-bond acceptors (Lipinski definition) is 10. The average molecular weight is 528 g/mol. The molecule has 186 valence electrons. The maximum Gasteiger partial charge on any atom is 0.276 e. The van der Waals surface area contributed by atoms with Crippen LogP contribution in [0.5, 0.6) is 0 Å². The van der Waals surface area contributed by atoms with Crippen LogP contribution in [-0.2, 0) is 25.8 Å². The third kappa shape index (κ3) is 3.97. The lowest BCUT2D eigenvalue weighted by Gasteiger charge is -2.50. The van der Waals surface area contributed by atoms with Crippen molar-refractivity contribution in [3.63, 3.8) is 0 Å². The fourth-order valence-corrected chi connectivity index (χ4v) is 6.19. The Kier molecular flexibility index (Phi) is 6.14. The number of nitrogen functional groups attached to an aromatic ring is 1. The summed E-state index contributed by atoms with van der Waals surface area (Å²) in [5, 5.41) is 19.7. The lowest BCUT2D eigenvalue weighted by atomic mass is 10.0. The zero-order chi connectivity index (χ0) is 25.6. The van der Waals surface area contributed by atoms with Crippen LogP contribution in [0.2, 0.25) is 0 Å². The molecule has 0 saturated carbocycles. The van der Waals surface area contributed by atoms with Crippen molar-refractivity contribution in [2.24, 2.45) is 5.16 Å². The van der Waals surface area contributed by atoms with Gasteiger partial charge in [-0.15, -0.1) is 23.1 Å². The van der Waals surface area contributed by atoms with Crippen LogP contribution in [0.1, 0.15) is 11.5 Å². The van der Waals surface area contributed by atoms with Gasteiger partial charge in [-0.3, -0.25) is 14.5 Å². The number of fused-ring (bicyclic) bond motifs is 2. The molecule has 2 aliphatic heterocycles. The summed E-state index contributed by atoms with van der Waals surface area (Å²) in [5.74, 6) is -1.40. The number of nitrogens with one attached hydrogen (secondary N) is 1. The summed E-state index contributed by atoms with van der Waals surface area (Å²) < 4.78 is 3.93. The highest BCUT2D eigenvalue weighted by Crippen LogP contribution is 2.40. The maximum absolute atomic E-state index is 13.0. The minimum Gasteiger partial charge on any atom is -0.543 e. The van der Waals surface area contributed by atoms with Gasteiger partial charge in [-0.25, -0.2) is 14.0 Å². The molecule has 5 heterocycles. The van der Waals surface area contributed by atoms with Crippen molar-refractivity contribution < 1.29 is 28.7 Å². The number of pyridine rings is 1. The SMILES string of the molecule is CO/N=C(\C(=O)N[C@@H]1C(=O)N2C(C(=O)[O-])=C(Cn3cc4cccc[n+]4c3C)CS[C@H]12)c1csc(N)n1. The van der Waals surface area contributed by atoms with Gasteiger partial charge in [-0.05, 0) is 12.1 Å². The van der Waals surface area contributed by atoms with Gasteiger partial charge in [0.25, 0.3) is 17.6 Å². The first-order valence-electron chi connectivity index (χ1n) is 10.8. The first-order chi connectivity index (χ1) is 17.3. The van der Waals surface area contributed by atoms with Crippen molar-refractivity contribution >= 4 is 57.2 Å². The zero-order valence-corrected chi connectivity index (χ0v) is 20.8. The molecule has 14 heteroatoms. The van der Waals surface area contributed by atoms with Gasteiger partial charge in [0.15, 0.2) is 16.4 Å². The number of carboxylic acids is 1. The zero-order valence-electron chi connectivity index (χ0n) is 19.2. The molecule has 3 N–H and O–H groups in total. The molecule has 3 aromatic heterocycles. The number of amides is 2. The molecule has 12 nitrogen and oxygen atoms in total. The van der Waals surface area contributed by atoms with Crippen LogP contribution in [0.25, 0.3) is 5.52 Å². The number of carboxylic acid groups (broad SMARTS) is 1. The van der Waals surface area contributed by atoms with Gasteiger partial charge in [-0.1, -0.05) is 11.2 Å². The molecule has 2 atom stereocenters. The first kappa shape index (κ1) is 23.8. The Morgan fingerprint density at radius 2 is 2.22 bits per heavy atom. The van der Waals surface area contributed by atoms with Crippen LogP contribution < -0.4 is 20.6 Å². The Hall–Kier alpha value is -3.91. The normalized spacial score (nSPS) is 19.8. The van der Waals surface area contributed by atoms with E-state index in [1.54, 1.807) is 5.38 Å². The fraction of sp³-hybridized carbons (Fsp3) is 0.273. The molecule has 36 heavy (non-hydrogen) atoms. The van der Waals surface area contributed by atoms with Gasteiger partial charge < -0.3 is 25.8 Å². The molecule has 3 aromatic rings. The molecule has 0 bridgehead atoms. The molecule has 0 aromatic carbocycles. The van der Waals surface area contributed by atoms with E-state index >= 15 is 0 Å². The number of aliphatic carboxylic acids is 1. The van der Waals surface area contributed by atoms with E-state index in [2.05, 4.69) is 15.5 Å². The van der Waals surface area contributed by atoms with Crippen LogP contribution >= 0.6 is 23.1 Å². The predicted molar refractivity (Wildman–Crippen MR) is 129 cm³/mol. The summed E-state index contributed by atoms with van der Waals surface area (Å²) in [6, 6.07) is 4.85. The van der Waals surface area contributed by atoms with E-state index in [4.69, 9.17) is 10.6 Å². The number of nitrogens with zero attached hydrogens (tertiary/aromatic N) is 5. The van der Waals surface area contributed by atoms with Gasteiger partial charge in [0, 0.05) is 23.6 Å². The lowest BCUT2D eigenvalue weighted by molar-refractivity contribution is -0.520. The summed E-state index contributed by atoms with van der Waals surface area (Å²) in [6.07, 6.45) is 3.85. The fourth-order valence-electron chi connectivity index (χ4n) is 4.31. The summed E-state index contributed by atoms with van der Waals surface area (Å²) >= 11 is 2.50. The van der Waals surface area contributed by atoms with Gasteiger partial charge in [0.05, 0.1) is 17.9 Å². The molecule has 0 spiro atoms. The molecule has 0 radical (unpaired) electrons. The van der Waals surface area contributed by atoms with Crippen molar-refractivity contribution in [3.8, 4) is 0 Å². The van der Waals surface area contributed by atoms with Gasteiger partial charge in [-0.2, -0.15) is 0 Å². The summed E-state index contributed by atoms with van der Waals surface area (Å²) in [5.41, 5.74) is 7.08. The van der Waals surface area contributed by atoms with Crippen LogP contribution in [0.3, 0.4) is 0 Å². The Balaban J connectivity index is 1.38. The second-order valence-electron chi connectivity index (χ2n) is 8.09. The number of thioether (sulfide) groups is 1. The largest absolute Gasteiger partial charge is 0.543 e. The highest BCUT2D eigenvalue weighted by molar-refractivity contribution is 8.00. The minimum absolute atomic E-state index is 0.137. The van der Waals surface area contributed by atoms with Crippen LogP contribution in [0.4, 0.5) is 5.13 Å². The van der Waals surface area contributed by atoms with Crippen molar-refractivity contribution in [3.05, 3.63) is 58.8 Å². The predicted octanol–water partition coefficient (Wildman–Crippen LogP) is -0.971. The highest BCUT2D eigenvalue weighted by atomic mass is 32.2. The van der Waals surface area contributed by atoms with E-state index < -0.39 is 29.2 Å². The molecule has 0 aliphatic carbocycles. The van der Waals surface area contributed by atoms with E-state index in [-0.39, 0.29) is 28.8 Å². The van der Waals surface area contributed by atoms with E-state index in [9.17, 15) is 19.5 Å². The number of rotatable bonds is 7. The number of carbonyl (C=O) groups excluding carboxylic acids is 3. The maximum atomic E-state index is 13.0. The Morgan fingerprint density at radius 1 is 1.42 bits per heavy atom. The highest BCUT2D eigenvalue weighted by Gasteiger charge is 2.53. The third-order valence-electron chi connectivity index (χ3n) is 5.99. The Labute approximate surface area is 213 Å². The first-order valence-corrected chi connectivity index (χ1v) is 12.7. The second kappa shape index (κ2) is 9.28. The smallest absolute Gasteiger partial charge is 0.276 e. The summed E-state index contributed by atoms with van der Waals surface area (Å²) in [6.45, 7) is 2.22. The monoisotopic (exact) mass is 527 g/mol. The number of anilines is 1. The molecule has 1 fully saturated rings. The molecule has 5 rings (SSSR count). The molecule has 0 unspecified atom stereocenters. The van der Waals surface area contributed by atoms with Crippen LogP contribution in [0.15, 0.2) is 52.4 Å². The van der Waals surface area contributed by atoms with E-state index in [1.807, 2.05) is 46.5 Å². The molecule has 2 aliphatic rings.